The van der Waals surface area contributed by atoms with Gasteiger partial charge in [-0.2, -0.15) is 0 Å². The van der Waals surface area contributed by atoms with Gasteiger partial charge in [-0.15, -0.1) is 0 Å². The van der Waals surface area contributed by atoms with E-state index in [2.05, 4.69) is 4.98 Å². The van der Waals surface area contributed by atoms with Gasteiger partial charge in [-0.3, -0.25) is 14.2 Å². The lowest BCUT2D eigenvalue weighted by Gasteiger charge is -2.10. The summed E-state index contributed by atoms with van der Waals surface area (Å²) in [7, 11) is 0. The van der Waals surface area contributed by atoms with E-state index in [0.717, 1.165) is 22.3 Å². The first-order valence-corrected chi connectivity index (χ1v) is 8.31. The molecule has 0 radical (unpaired) electrons. The number of primary amides is 2. The van der Waals surface area contributed by atoms with Crippen LogP contribution in [0.4, 0.5) is 0 Å². The second kappa shape index (κ2) is 6.42. The highest BCUT2D eigenvalue weighted by molar-refractivity contribution is 6.00. The minimum Gasteiger partial charge on any atom is -0.366 e. The van der Waals surface area contributed by atoms with Crippen molar-refractivity contribution in [1.29, 1.82) is 0 Å². The number of carbonyl (C=O) groups excluding carboxylic acids is 2. The molecule has 0 aliphatic rings. The van der Waals surface area contributed by atoms with E-state index in [1.165, 1.54) is 0 Å². The van der Waals surface area contributed by atoms with Crippen LogP contribution in [0.3, 0.4) is 0 Å². The third-order valence-electron chi connectivity index (χ3n) is 4.46. The molecular weight excluding hydrogens is 340 g/mol. The minimum absolute atomic E-state index is 0.414. The highest BCUT2D eigenvalue weighted by Gasteiger charge is 2.12. The molecular formula is C21H16N4O2. The summed E-state index contributed by atoms with van der Waals surface area (Å²) in [5.74, 6) is -0.959. The Balaban J connectivity index is 1.83. The Morgan fingerprint density at radius 1 is 0.852 bits per heavy atom. The lowest BCUT2D eigenvalue weighted by atomic mass is 9.99. The number of nitrogens with zero attached hydrogens (tertiary/aromatic N) is 2. The van der Waals surface area contributed by atoms with E-state index >= 15 is 0 Å². The fourth-order valence-corrected chi connectivity index (χ4v) is 3.14. The number of rotatable bonds is 4. The van der Waals surface area contributed by atoms with Crippen LogP contribution in [0.2, 0.25) is 0 Å². The van der Waals surface area contributed by atoms with Crippen LogP contribution in [-0.4, -0.2) is 21.4 Å². The Hall–Kier alpha value is -3.93. The molecule has 4 rings (SSSR count). The summed E-state index contributed by atoms with van der Waals surface area (Å²) >= 11 is 0. The molecule has 4 aromatic rings. The summed E-state index contributed by atoms with van der Waals surface area (Å²) < 4.78 is 1.91. The van der Waals surface area contributed by atoms with Crippen LogP contribution in [0.1, 0.15) is 20.7 Å². The molecule has 4 N–H and O–H groups in total. The molecule has 132 valence electrons. The van der Waals surface area contributed by atoms with Gasteiger partial charge in [0.05, 0.1) is 11.0 Å². The fourth-order valence-electron chi connectivity index (χ4n) is 3.14. The summed E-state index contributed by atoms with van der Waals surface area (Å²) in [6.45, 7) is 0. The summed E-state index contributed by atoms with van der Waals surface area (Å²) in [5, 5.41) is 0. The summed E-state index contributed by atoms with van der Waals surface area (Å²) in [4.78, 5) is 27.5. The number of imidazole rings is 1. The lowest BCUT2D eigenvalue weighted by Crippen LogP contribution is -2.12. The molecule has 0 aliphatic heterocycles. The van der Waals surface area contributed by atoms with Crippen molar-refractivity contribution in [2.75, 3.05) is 0 Å². The fraction of sp³-hybridized carbons (Fsp3) is 0. The standard InChI is InChI=1S/C21H16N4O2/c22-20(26)14-8-9-19-18(11-14)24-12-25(19)15-5-3-4-13(10-15)16-6-1-2-7-17(16)21(23)27/h1-12H,(H2,22,26)(H2,23,27). The van der Waals surface area contributed by atoms with Gasteiger partial charge in [-0.05, 0) is 47.5 Å². The molecule has 1 heterocycles. The zero-order chi connectivity index (χ0) is 19.0. The Morgan fingerprint density at radius 2 is 1.67 bits per heavy atom. The highest BCUT2D eigenvalue weighted by Crippen LogP contribution is 2.27. The predicted octanol–water partition coefficient (Wildman–Crippen LogP) is 2.89. The van der Waals surface area contributed by atoms with Gasteiger partial charge in [0.15, 0.2) is 0 Å². The number of amides is 2. The molecule has 27 heavy (non-hydrogen) atoms. The maximum Gasteiger partial charge on any atom is 0.249 e. The normalized spacial score (nSPS) is 10.8. The zero-order valence-electron chi connectivity index (χ0n) is 14.3. The third kappa shape index (κ3) is 2.93. The quantitative estimate of drug-likeness (QED) is 0.587. The molecule has 2 amide bonds. The Morgan fingerprint density at radius 3 is 2.44 bits per heavy atom. The van der Waals surface area contributed by atoms with E-state index in [-0.39, 0.29) is 0 Å². The number of hydrogen-bond acceptors (Lipinski definition) is 3. The Bertz CT molecular complexity index is 1190. The van der Waals surface area contributed by atoms with Gasteiger partial charge < -0.3 is 11.5 Å². The summed E-state index contributed by atoms with van der Waals surface area (Å²) in [6.07, 6.45) is 1.69. The molecule has 0 saturated carbocycles. The lowest BCUT2D eigenvalue weighted by molar-refractivity contribution is 0.0992. The van der Waals surface area contributed by atoms with Crippen molar-refractivity contribution in [3.8, 4) is 16.8 Å². The van der Waals surface area contributed by atoms with E-state index in [1.54, 1.807) is 30.6 Å². The van der Waals surface area contributed by atoms with Gasteiger partial charge in [-0.1, -0.05) is 30.3 Å². The topological polar surface area (TPSA) is 104 Å². The maximum absolute atomic E-state index is 11.7. The van der Waals surface area contributed by atoms with Gasteiger partial charge in [0, 0.05) is 16.8 Å². The monoisotopic (exact) mass is 356 g/mol. The number of carbonyl (C=O) groups is 2. The molecule has 1 aromatic heterocycles. The molecule has 0 atom stereocenters. The van der Waals surface area contributed by atoms with Crippen molar-refractivity contribution in [3.05, 3.63) is 84.2 Å². The predicted molar refractivity (Wildman–Crippen MR) is 104 cm³/mol. The SMILES string of the molecule is NC(=O)c1ccc2c(c1)ncn2-c1cccc(-c2ccccc2C(N)=O)c1. The van der Waals surface area contributed by atoms with Crippen molar-refractivity contribution in [1.82, 2.24) is 9.55 Å². The van der Waals surface area contributed by atoms with Crippen molar-refractivity contribution in [2.24, 2.45) is 11.5 Å². The average Bonchev–Trinajstić information content (AvgIpc) is 3.11. The van der Waals surface area contributed by atoms with Gasteiger partial charge >= 0.3 is 0 Å². The second-order valence-corrected chi connectivity index (χ2v) is 6.14. The van der Waals surface area contributed by atoms with Crippen LogP contribution in [0.15, 0.2) is 73.1 Å². The molecule has 0 bridgehead atoms. The zero-order valence-corrected chi connectivity index (χ0v) is 14.3. The van der Waals surface area contributed by atoms with Crippen molar-refractivity contribution < 1.29 is 9.59 Å². The van der Waals surface area contributed by atoms with Crippen LogP contribution in [-0.2, 0) is 0 Å². The maximum atomic E-state index is 11.7. The second-order valence-electron chi connectivity index (χ2n) is 6.14. The summed E-state index contributed by atoms with van der Waals surface area (Å²) in [5.41, 5.74) is 15.8. The van der Waals surface area contributed by atoms with Crippen LogP contribution in [0.25, 0.3) is 27.8 Å². The Kier molecular flexibility index (Phi) is 3.93. The smallest absolute Gasteiger partial charge is 0.249 e. The highest BCUT2D eigenvalue weighted by atomic mass is 16.1. The van der Waals surface area contributed by atoms with Gasteiger partial charge in [0.2, 0.25) is 11.8 Å². The van der Waals surface area contributed by atoms with E-state index in [9.17, 15) is 9.59 Å². The van der Waals surface area contributed by atoms with E-state index in [0.29, 0.717) is 16.6 Å². The number of nitrogens with two attached hydrogens (primary N) is 2. The minimum atomic E-state index is -0.489. The van der Waals surface area contributed by atoms with Crippen molar-refractivity contribution in [3.63, 3.8) is 0 Å². The molecule has 6 heteroatoms. The van der Waals surface area contributed by atoms with Crippen molar-refractivity contribution in [2.45, 2.75) is 0 Å². The number of fused-ring (bicyclic) bond motifs is 1. The molecule has 0 unspecified atom stereocenters. The van der Waals surface area contributed by atoms with Gasteiger partial charge in [-0.25, -0.2) is 4.98 Å². The van der Waals surface area contributed by atoms with Crippen LogP contribution < -0.4 is 11.5 Å². The van der Waals surface area contributed by atoms with E-state index in [1.807, 2.05) is 47.0 Å². The molecule has 0 aliphatic carbocycles. The molecule has 0 saturated heterocycles. The number of benzene rings is 3. The van der Waals surface area contributed by atoms with E-state index < -0.39 is 11.8 Å². The van der Waals surface area contributed by atoms with Gasteiger partial charge in [0.1, 0.15) is 6.33 Å². The first-order valence-electron chi connectivity index (χ1n) is 8.31. The number of hydrogen-bond donors (Lipinski definition) is 2. The van der Waals surface area contributed by atoms with Crippen molar-refractivity contribution >= 4 is 22.8 Å². The largest absolute Gasteiger partial charge is 0.366 e. The third-order valence-corrected chi connectivity index (χ3v) is 4.46. The Labute approximate surface area is 155 Å². The molecule has 0 fully saturated rings. The van der Waals surface area contributed by atoms with Crippen LogP contribution in [0, 0.1) is 0 Å². The number of aromatic nitrogens is 2. The first-order chi connectivity index (χ1) is 13.0. The molecule has 0 spiro atoms. The summed E-state index contributed by atoms with van der Waals surface area (Å²) in [6, 6.07) is 20.1. The van der Waals surface area contributed by atoms with Crippen LogP contribution >= 0.6 is 0 Å². The van der Waals surface area contributed by atoms with Crippen LogP contribution in [0.5, 0.6) is 0 Å². The van der Waals surface area contributed by atoms with Gasteiger partial charge in [0.25, 0.3) is 0 Å². The van der Waals surface area contributed by atoms with E-state index in [4.69, 9.17) is 11.5 Å². The molecule has 6 nitrogen and oxygen atoms in total. The average molecular weight is 356 g/mol. The molecule has 3 aromatic carbocycles. The first kappa shape index (κ1) is 16.5.